The Hall–Kier alpha value is -0.0800. The summed E-state index contributed by atoms with van der Waals surface area (Å²) < 4.78 is 6.16. The summed E-state index contributed by atoms with van der Waals surface area (Å²) in [4.78, 5) is 0. The zero-order valence-electron chi connectivity index (χ0n) is 12.9. The summed E-state index contributed by atoms with van der Waals surface area (Å²) in [6, 6.07) is 0. The minimum Gasteiger partial charge on any atom is -0.374 e. The Bertz CT molecular complexity index is 224. The van der Waals surface area contributed by atoms with Gasteiger partial charge in [0, 0.05) is 13.2 Å². The predicted octanol–water partition coefficient (Wildman–Crippen LogP) is 4.13. The molecule has 0 radical (unpaired) electrons. The van der Waals surface area contributed by atoms with Gasteiger partial charge in [-0.25, -0.2) is 0 Å². The van der Waals surface area contributed by atoms with E-state index in [2.05, 4.69) is 27.7 Å². The van der Waals surface area contributed by atoms with Crippen molar-refractivity contribution in [3.8, 4) is 0 Å². The van der Waals surface area contributed by atoms with Crippen LogP contribution in [0.25, 0.3) is 0 Å². The fourth-order valence-electron chi connectivity index (χ4n) is 3.06. The lowest BCUT2D eigenvalue weighted by molar-refractivity contribution is -0.0806. The molecule has 108 valence electrons. The maximum atomic E-state index is 6.16. The van der Waals surface area contributed by atoms with Gasteiger partial charge < -0.3 is 10.5 Å². The molecule has 2 heteroatoms. The lowest BCUT2D eigenvalue weighted by atomic mass is 9.68. The van der Waals surface area contributed by atoms with E-state index in [1.165, 1.54) is 32.1 Å². The summed E-state index contributed by atoms with van der Waals surface area (Å²) in [6.45, 7) is 10.9. The van der Waals surface area contributed by atoms with Gasteiger partial charge in [0.15, 0.2) is 0 Å². The van der Waals surface area contributed by atoms with Gasteiger partial charge in [0.25, 0.3) is 0 Å². The van der Waals surface area contributed by atoms with Crippen LogP contribution in [0.3, 0.4) is 0 Å². The highest BCUT2D eigenvalue weighted by molar-refractivity contribution is 4.91. The van der Waals surface area contributed by atoms with Crippen molar-refractivity contribution in [3.63, 3.8) is 0 Å². The standard InChI is InChI=1S/C16H33NO/c1-5-6-7-12-18-16(13-17)10-8-14(9-11-16)15(2,3)4/h14H,5-13,17H2,1-4H3. The molecule has 0 aromatic carbocycles. The van der Waals surface area contributed by atoms with E-state index in [-0.39, 0.29) is 5.60 Å². The molecule has 0 spiro atoms. The largest absolute Gasteiger partial charge is 0.374 e. The lowest BCUT2D eigenvalue weighted by Gasteiger charge is -2.43. The normalized spacial score (nSPS) is 29.5. The molecule has 0 aromatic heterocycles. The van der Waals surface area contributed by atoms with Crippen LogP contribution in [-0.2, 0) is 4.74 Å². The van der Waals surface area contributed by atoms with Crippen LogP contribution in [0.4, 0.5) is 0 Å². The van der Waals surface area contributed by atoms with Crippen molar-refractivity contribution in [1.29, 1.82) is 0 Å². The molecule has 1 rings (SSSR count). The molecule has 0 aromatic rings. The van der Waals surface area contributed by atoms with Gasteiger partial charge in [-0.15, -0.1) is 0 Å². The summed E-state index contributed by atoms with van der Waals surface area (Å²) in [6.07, 6.45) is 8.55. The minimum absolute atomic E-state index is 0.00447. The summed E-state index contributed by atoms with van der Waals surface area (Å²) >= 11 is 0. The third kappa shape index (κ3) is 4.55. The van der Waals surface area contributed by atoms with Crippen molar-refractivity contribution in [2.75, 3.05) is 13.2 Å². The van der Waals surface area contributed by atoms with E-state index in [1.807, 2.05) is 0 Å². The molecule has 1 fully saturated rings. The number of hydrogen-bond acceptors (Lipinski definition) is 2. The molecule has 0 heterocycles. The first-order valence-corrected chi connectivity index (χ1v) is 7.77. The summed E-state index contributed by atoms with van der Waals surface area (Å²) in [5.41, 5.74) is 6.41. The van der Waals surface area contributed by atoms with E-state index in [4.69, 9.17) is 10.5 Å². The Kier molecular flexibility index (Phi) is 6.13. The third-order valence-corrected chi connectivity index (χ3v) is 4.65. The first-order chi connectivity index (χ1) is 8.43. The first kappa shape index (κ1) is 16.0. The predicted molar refractivity (Wildman–Crippen MR) is 78.7 cm³/mol. The van der Waals surface area contributed by atoms with Gasteiger partial charge >= 0.3 is 0 Å². The highest BCUT2D eigenvalue weighted by atomic mass is 16.5. The van der Waals surface area contributed by atoms with Crippen LogP contribution >= 0.6 is 0 Å². The van der Waals surface area contributed by atoms with Gasteiger partial charge in [0.1, 0.15) is 0 Å². The summed E-state index contributed by atoms with van der Waals surface area (Å²) in [7, 11) is 0. The molecule has 2 nitrogen and oxygen atoms in total. The highest BCUT2D eigenvalue weighted by Crippen LogP contribution is 2.42. The van der Waals surface area contributed by atoms with Crippen LogP contribution in [0.15, 0.2) is 0 Å². The van der Waals surface area contributed by atoms with Crippen LogP contribution in [0, 0.1) is 11.3 Å². The lowest BCUT2D eigenvalue weighted by Crippen LogP contribution is -2.45. The maximum Gasteiger partial charge on any atom is 0.0804 e. The second-order valence-corrected chi connectivity index (χ2v) is 7.08. The zero-order valence-corrected chi connectivity index (χ0v) is 12.9. The van der Waals surface area contributed by atoms with Crippen molar-refractivity contribution in [1.82, 2.24) is 0 Å². The minimum atomic E-state index is -0.00447. The number of unbranched alkanes of at least 4 members (excludes halogenated alkanes) is 2. The Balaban J connectivity index is 2.40. The summed E-state index contributed by atoms with van der Waals surface area (Å²) in [5, 5.41) is 0. The van der Waals surface area contributed by atoms with Crippen LogP contribution in [0.5, 0.6) is 0 Å². The third-order valence-electron chi connectivity index (χ3n) is 4.65. The van der Waals surface area contributed by atoms with Gasteiger partial charge in [0.05, 0.1) is 5.60 Å². The number of rotatable bonds is 6. The molecule has 0 aliphatic heterocycles. The molecule has 1 aliphatic carbocycles. The van der Waals surface area contributed by atoms with Gasteiger partial charge in [-0.3, -0.25) is 0 Å². The van der Waals surface area contributed by atoms with E-state index in [0.717, 1.165) is 25.4 Å². The van der Waals surface area contributed by atoms with E-state index in [1.54, 1.807) is 0 Å². The molecule has 1 aliphatic rings. The van der Waals surface area contributed by atoms with Crippen molar-refractivity contribution < 1.29 is 4.74 Å². The van der Waals surface area contributed by atoms with Crippen LogP contribution < -0.4 is 5.73 Å². The molecule has 0 bridgehead atoms. The number of nitrogens with two attached hydrogens (primary N) is 1. The zero-order chi connectivity index (χ0) is 13.6. The van der Waals surface area contributed by atoms with Gasteiger partial charge in [-0.1, -0.05) is 40.5 Å². The monoisotopic (exact) mass is 255 g/mol. The van der Waals surface area contributed by atoms with Gasteiger partial charge in [-0.05, 0) is 43.4 Å². The molecule has 2 N–H and O–H groups in total. The molecule has 18 heavy (non-hydrogen) atoms. The first-order valence-electron chi connectivity index (χ1n) is 7.77. The highest BCUT2D eigenvalue weighted by Gasteiger charge is 2.38. The molecular weight excluding hydrogens is 222 g/mol. The average Bonchev–Trinajstić information content (AvgIpc) is 2.34. The van der Waals surface area contributed by atoms with Crippen LogP contribution in [-0.4, -0.2) is 18.8 Å². The van der Waals surface area contributed by atoms with Gasteiger partial charge in [-0.2, -0.15) is 0 Å². The van der Waals surface area contributed by atoms with Crippen LogP contribution in [0.2, 0.25) is 0 Å². The van der Waals surface area contributed by atoms with Crippen molar-refractivity contribution in [3.05, 3.63) is 0 Å². The number of ether oxygens (including phenoxy) is 1. The smallest absolute Gasteiger partial charge is 0.0804 e. The SMILES string of the molecule is CCCCCOC1(CN)CCC(C(C)(C)C)CC1. The van der Waals surface area contributed by atoms with E-state index in [9.17, 15) is 0 Å². The molecule has 0 atom stereocenters. The topological polar surface area (TPSA) is 35.2 Å². The Morgan fingerprint density at radius 2 is 1.78 bits per heavy atom. The van der Waals surface area contributed by atoms with Crippen molar-refractivity contribution in [2.24, 2.45) is 17.1 Å². The quantitative estimate of drug-likeness (QED) is 0.724. The van der Waals surface area contributed by atoms with Crippen LogP contribution in [0.1, 0.15) is 72.6 Å². The Labute approximate surface area is 114 Å². The molecule has 1 saturated carbocycles. The van der Waals surface area contributed by atoms with Gasteiger partial charge in [0.2, 0.25) is 0 Å². The second-order valence-electron chi connectivity index (χ2n) is 7.08. The second kappa shape index (κ2) is 6.91. The fraction of sp³-hybridized carbons (Fsp3) is 1.00. The number of hydrogen-bond donors (Lipinski definition) is 1. The maximum absolute atomic E-state index is 6.16. The van der Waals surface area contributed by atoms with E-state index >= 15 is 0 Å². The Morgan fingerprint density at radius 1 is 1.17 bits per heavy atom. The van der Waals surface area contributed by atoms with E-state index in [0.29, 0.717) is 12.0 Å². The summed E-state index contributed by atoms with van der Waals surface area (Å²) in [5.74, 6) is 0.830. The molecule has 0 amide bonds. The average molecular weight is 255 g/mol. The van der Waals surface area contributed by atoms with Crippen molar-refractivity contribution in [2.45, 2.75) is 78.2 Å². The fourth-order valence-corrected chi connectivity index (χ4v) is 3.06. The molecule has 0 unspecified atom stereocenters. The van der Waals surface area contributed by atoms with Crippen molar-refractivity contribution >= 4 is 0 Å². The Morgan fingerprint density at radius 3 is 2.22 bits per heavy atom. The molecular formula is C16H33NO. The molecule has 0 saturated heterocycles. The van der Waals surface area contributed by atoms with E-state index < -0.39 is 0 Å².